The molecule has 0 spiro atoms. The fourth-order valence-electron chi connectivity index (χ4n) is 4.65. The number of methoxy groups -OCH3 is 2. The molecule has 27 heavy (non-hydrogen) atoms. The van der Waals surface area contributed by atoms with E-state index >= 15 is 0 Å². The van der Waals surface area contributed by atoms with Gasteiger partial charge in [-0.3, -0.25) is 4.79 Å². The molecule has 1 aromatic carbocycles. The minimum Gasteiger partial charge on any atom is -0.493 e. The Kier molecular flexibility index (Phi) is 5.19. The van der Waals surface area contributed by atoms with E-state index < -0.39 is 0 Å². The Morgan fingerprint density at radius 3 is 2.37 bits per heavy atom. The third-order valence-electron chi connectivity index (χ3n) is 6.14. The van der Waals surface area contributed by atoms with E-state index in [9.17, 15) is 4.79 Å². The van der Waals surface area contributed by atoms with E-state index in [-0.39, 0.29) is 23.8 Å². The van der Waals surface area contributed by atoms with Crippen LogP contribution in [0.1, 0.15) is 50.5 Å². The maximum absolute atomic E-state index is 13.2. The van der Waals surface area contributed by atoms with E-state index in [4.69, 9.17) is 14.6 Å². The number of carbonyl (C=O) groups is 1. The predicted molar refractivity (Wildman–Crippen MR) is 105 cm³/mol. The summed E-state index contributed by atoms with van der Waals surface area (Å²) in [6, 6.07) is 6.19. The molecule has 0 radical (unpaired) electrons. The highest BCUT2D eigenvalue weighted by molar-refractivity contribution is 6.07. The van der Waals surface area contributed by atoms with Gasteiger partial charge in [-0.1, -0.05) is 31.4 Å². The van der Waals surface area contributed by atoms with Crippen molar-refractivity contribution in [1.82, 2.24) is 5.01 Å². The molecule has 0 unspecified atom stereocenters. The quantitative estimate of drug-likeness (QED) is 0.750. The fraction of sp³-hybridized carbons (Fsp3) is 0.545. The first kappa shape index (κ1) is 18.1. The number of hydrazone groups is 1. The summed E-state index contributed by atoms with van der Waals surface area (Å²) in [6.07, 6.45) is 11.7. The molecule has 1 heterocycles. The van der Waals surface area contributed by atoms with Gasteiger partial charge in [-0.25, -0.2) is 5.01 Å². The monoisotopic (exact) mass is 368 g/mol. The molecule has 1 aliphatic heterocycles. The Morgan fingerprint density at radius 1 is 0.963 bits per heavy atom. The van der Waals surface area contributed by atoms with Crippen LogP contribution in [0.4, 0.5) is 0 Å². The lowest BCUT2D eigenvalue weighted by molar-refractivity contribution is -0.141. The highest BCUT2D eigenvalue weighted by Crippen LogP contribution is 2.38. The average Bonchev–Trinajstić information content (AvgIpc) is 2.74. The van der Waals surface area contributed by atoms with E-state index in [1.54, 1.807) is 14.2 Å². The lowest BCUT2D eigenvalue weighted by Gasteiger charge is -2.41. The molecule has 0 aromatic heterocycles. The molecule has 1 aromatic rings. The predicted octanol–water partition coefficient (Wildman–Crippen LogP) is 4.17. The zero-order valence-electron chi connectivity index (χ0n) is 16.2. The Morgan fingerprint density at radius 2 is 1.67 bits per heavy atom. The Hall–Kier alpha value is -2.30. The van der Waals surface area contributed by atoms with Gasteiger partial charge in [0.1, 0.15) is 0 Å². The molecule has 5 nitrogen and oxygen atoms in total. The van der Waals surface area contributed by atoms with Crippen molar-refractivity contribution in [2.24, 2.45) is 16.9 Å². The first-order valence-electron chi connectivity index (χ1n) is 10.0. The summed E-state index contributed by atoms with van der Waals surface area (Å²) in [5.74, 6) is 1.75. The SMILES string of the molecule is COc1ccc(C2=NN(C3CCCCC3)C(=O)[C@@H]3CC=CC[C@H]23)cc1OC. The molecule has 1 amide bonds. The zero-order valence-corrected chi connectivity index (χ0v) is 16.2. The van der Waals surface area contributed by atoms with Crippen LogP contribution in [0.5, 0.6) is 11.5 Å². The first-order chi connectivity index (χ1) is 13.2. The Balaban J connectivity index is 1.75. The smallest absolute Gasteiger partial charge is 0.247 e. The highest BCUT2D eigenvalue weighted by Gasteiger charge is 2.42. The summed E-state index contributed by atoms with van der Waals surface area (Å²) in [7, 11) is 3.29. The number of hydrogen-bond acceptors (Lipinski definition) is 4. The molecule has 1 fully saturated rings. The van der Waals surface area contributed by atoms with Gasteiger partial charge < -0.3 is 9.47 Å². The summed E-state index contributed by atoms with van der Waals surface area (Å²) >= 11 is 0. The van der Waals surface area contributed by atoms with Crippen LogP contribution in [0.15, 0.2) is 35.5 Å². The molecule has 0 saturated heterocycles. The van der Waals surface area contributed by atoms with Gasteiger partial charge in [0, 0.05) is 11.5 Å². The number of fused-ring (bicyclic) bond motifs is 1. The van der Waals surface area contributed by atoms with Crippen molar-refractivity contribution in [3.05, 3.63) is 35.9 Å². The average molecular weight is 368 g/mol. The van der Waals surface area contributed by atoms with Gasteiger partial charge in [0.05, 0.1) is 31.9 Å². The minimum atomic E-state index is -0.00229. The first-order valence-corrected chi connectivity index (χ1v) is 10.0. The fourth-order valence-corrected chi connectivity index (χ4v) is 4.65. The van der Waals surface area contributed by atoms with Crippen LogP contribution in [0.2, 0.25) is 0 Å². The topological polar surface area (TPSA) is 51.1 Å². The number of rotatable bonds is 4. The second-order valence-corrected chi connectivity index (χ2v) is 7.69. The number of benzene rings is 1. The molecule has 2 atom stereocenters. The molecular weight excluding hydrogens is 340 g/mol. The van der Waals surface area contributed by atoms with E-state index in [1.807, 2.05) is 23.2 Å². The van der Waals surface area contributed by atoms with Gasteiger partial charge >= 0.3 is 0 Å². The second-order valence-electron chi connectivity index (χ2n) is 7.69. The molecule has 2 aliphatic carbocycles. The molecular formula is C22H28N2O3. The van der Waals surface area contributed by atoms with Crippen LogP contribution in [0.3, 0.4) is 0 Å². The Labute approximate surface area is 161 Å². The zero-order chi connectivity index (χ0) is 18.8. The molecule has 1 saturated carbocycles. The maximum Gasteiger partial charge on any atom is 0.247 e. The van der Waals surface area contributed by atoms with Crippen LogP contribution >= 0.6 is 0 Å². The van der Waals surface area contributed by atoms with Crippen molar-refractivity contribution in [2.45, 2.75) is 51.0 Å². The molecule has 0 bridgehead atoms. The van der Waals surface area contributed by atoms with Crippen molar-refractivity contribution < 1.29 is 14.3 Å². The number of carbonyl (C=O) groups excluding carboxylic acids is 1. The van der Waals surface area contributed by atoms with Crippen LogP contribution in [-0.4, -0.2) is 36.9 Å². The highest BCUT2D eigenvalue weighted by atomic mass is 16.5. The van der Waals surface area contributed by atoms with Gasteiger partial charge in [0.25, 0.3) is 0 Å². The molecule has 5 heteroatoms. The minimum absolute atomic E-state index is 0.00229. The second kappa shape index (κ2) is 7.75. The number of hydrogen-bond donors (Lipinski definition) is 0. The van der Waals surface area contributed by atoms with E-state index in [0.717, 1.165) is 37.0 Å². The molecule has 3 aliphatic rings. The number of nitrogens with zero attached hydrogens (tertiary/aromatic N) is 2. The molecule has 144 valence electrons. The Bertz CT molecular complexity index is 765. The van der Waals surface area contributed by atoms with E-state index in [2.05, 4.69) is 12.2 Å². The summed E-state index contributed by atoms with van der Waals surface area (Å²) in [6.45, 7) is 0. The van der Waals surface area contributed by atoms with Crippen molar-refractivity contribution >= 4 is 11.6 Å². The van der Waals surface area contributed by atoms with Crippen LogP contribution in [-0.2, 0) is 4.79 Å². The van der Waals surface area contributed by atoms with Gasteiger partial charge in [-0.05, 0) is 43.9 Å². The third-order valence-corrected chi connectivity index (χ3v) is 6.14. The number of allylic oxidation sites excluding steroid dienone is 2. The lowest BCUT2D eigenvalue weighted by atomic mass is 9.76. The van der Waals surface area contributed by atoms with Crippen LogP contribution in [0, 0.1) is 11.8 Å². The van der Waals surface area contributed by atoms with Gasteiger partial charge in [-0.2, -0.15) is 5.10 Å². The van der Waals surface area contributed by atoms with Crippen molar-refractivity contribution in [3.63, 3.8) is 0 Å². The van der Waals surface area contributed by atoms with Crippen LogP contribution < -0.4 is 9.47 Å². The standard InChI is InChI=1S/C22H28N2O3/c1-26-19-13-12-15(14-20(19)27-2)21-17-10-6-7-11-18(17)22(25)24(23-21)16-8-4-3-5-9-16/h6-7,12-14,16-18H,3-5,8-11H2,1-2H3/t17-,18+/m0/s1. The number of amides is 1. The lowest BCUT2D eigenvalue weighted by Crippen LogP contribution is -2.49. The van der Waals surface area contributed by atoms with Crippen molar-refractivity contribution in [3.8, 4) is 11.5 Å². The van der Waals surface area contributed by atoms with Crippen molar-refractivity contribution in [2.75, 3.05) is 14.2 Å². The van der Waals surface area contributed by atoms with E-state index in [0.29, 0.717) is 11.5 Å². The van der Waals surface area contributed by atoms with Gasteiger partial charge in [-0.15, -0.1) is 0 Å². The summed E-state index contributed by atoms with van der Waals surface area (Å²) in [5.41, 5.74) is 2.03. The van der Waals surface area contributed by atoms with Crippen LogP contribution in [0.25, 0.3) is 0 Å². The molecule has 4 rings (SSSR count). The maximum atomic E-state index is 13.2. The number of ether oxygens (including phenoxy) is 2. The normalized spacial score (nSPS) is 25.8. The largest absolute Gasteiger partial charge is 0.493 e. The molecule has 0 N–H and O–H groups in total. The van der Waals surface area contributed by atoms with Gasteiger partial charge in [0.15, 0.2) is 11.5 Å². The van der Waals surface area contributed by atoms with E-state index in [1.165, 1.54) is 19.3 Å². The van der Waals surface area contributed by atoms with Gasteiger partial charge in [0.2, 0.25) is 5.91 Å². The van der Waals surface area contributed by atoms with Crippen molar-refractivity contribution in [1.29, 1.82) is 0 Å². The summed E-state index contributed by atoms with van der Waals surface area (Å²) in [4.78, 5) is 13.2. The summed E-state index contributed by atoms with van der Waals surface area (Å²) < 4.78 is 10.9. The third kappa shape index (κ3) is 3.35. The summed E-state index contributed by atoms with van der Waals surface area (Å²) in [5, 5.41) is 6.77.